The van der Waals surface area contributed by atoms with Gasteiger partial charge in [0.25, 0.3) is 11.5 Å². The van der Waals surface area contributed by atoms with Crippen molar-refractivity contribution < 1.29 is 19.1 Å². The largest absolute Gasteiger partial charge is 0.462 e. The number of aromatic nitrogens is 3. The molecule has 1 saturated heterocycles. The lowest BCUT2D eigenvalue weighted by Gasteiger charge is -2.18. The van der Waals surface area contributed by atoms with E-state index < -0.39 is 11.9 Å². The summed E-state index contributed by atoms with van der Waals surface area (Å²) in [5.74, 6) is -1.19. The Hall–Kier alpha value is -4.11. The predicted molar refractivity (Wildman–Crippen MR) is 138 cm³/mol. The number of carbonyl (C=O) groups is 2. The van der Waals surface area contributed by atoms with Gasteiger partial charge in [-0.3, -0.25) is 14.0 Å². The monoisotopic (exact) mass is 500 g/mol. The Morgan fingerprint density at radius 1 is 1.16 bits per heavy atom. The summed E-state index contributed by atoms with van der Waals surface area (Å²) in [5, 5.41) is 0.228. The number of hydrogen-bond donors (Lipinski definition) is 0. The number of fused-ring (bicyclic) bond motifs is 2. The van der Waals surface area contributed by atoms with Crippen LogP contribution in [0.4, 0.5) is 0 Å². The Labute approximate surface area is 213 Å². The molecule has 0 saturated carbocycles. The van der Waals surface area contributed by atoms with E-state index >= 15 is 0 Å². The molecule has 1 atom stereocenters. The zero-order valence-corrected chi connectivity index (χ0v) is 21.1. The fourth-order valence-corrected chi connectivity index (χ4v) is 4.59. The van der Waals surface area contributed by atoms with Crippen LogP contribution in [0.3, 0.4) is 0 Å². The molecule has 0 N–H and O–H groups in total. The summed E-state index contributed by atoms with van der Waals surface area (Å²) in [6.45, 7) is 6.52. The second kappa shape index (κ2) is 10.1. The third-order valence-electron chi connectivity index (χ3n) is 6.52. The Morgan fingerprint density at radius 3 is 2.65 bits per heavy atom. The number of pyridine rings is 2. The van der Waals surface area contributed by atoms with Crippen LogP contribution in [0.5, 0.6) is 0 Å². The minimum absolute atomic E-state index is 0.0271. The van der Waals surface area contributed by atoms with Gasteiger partial charge in [-0.1, -0.05) is 23.8 Å². The molecule has 1 aliphatic rings. The van der Waals surface area contributed by atoms with Crippen LogP contribution in [0, 0.1) is 13.8 Å². The number of amides is 1. The summed E-state index contributed by atoms with van der Waals surface area (Å²) in [6.07, 6.45) is 3.17. The zero-order chi connectivity index (χ0) is 26.1. The Balaban J connectivity index is 1.87. The van der Waals surface area contributed by atoms with Crippen molar-refractivity contribution in [2.75, 3.05) is 13.2 Å². The molecule has 1 unspecified atom stereocenters. The predicted octanol–water partition coefficient (Wildman–Crippen LogP) is 3.36. The van der Waals surface area contributed by atoms with Crippen LogP contribution < -0.4 is 11.0 Å². The highest BCUT2D eigenvalue weighted by atomic mass is 16.5. The highest BCUT2D eigenvalue weighted by Crippen LogP contribution is 2.18. The molecule has 9 heteroatoms. The Morgan fingerprint density at radius 2 is 1.95 bits per heavy atom. The molecule has 4 aromatic rings. The SMILES string of the molecule is CCOC(=O)c1cc2c(=O)n3cccc(C)c3nc2n(CC2CCCO2)c1=NC(=O)c1ccc(C)cc1. The first-order chi connectivity index (χ1) is 17.9. The first-order valence-corrected chi connectivity index (χ1v) is 12.4. The van der Waals surface area contributed by atoms with Gasteiger partial charge in [-0.2, -0.15) is 4.99 Å². The molecule has 0 aliphatic carbocycles. The average Bonchev–Trinajstić information content (AvgIpc) is 3.40. The molecule has 0 radical (unpaired) electrons. The molecule has 5 rings (SSSR count). The van der Waals surface area contributed by atoms with Crippen molar-refractivity contribution in [3.8, 4) is 0 Å². The third kappa shape index (κ3) is 4.70. The molecule has 37 heavy (non-hydrogen) atoms. The summed E-state index contributed by atoms with van der Waals surface area (Å²) in [7, 11) is 0. The third-order valence-corrected chi connectivity index (χ3v) is 6.52. The highest BCUT2D eigenvalue weighted by molar-refractivity contribution is 5.97. The van der Waals surface area contributed by atoms with Crippen molar-refractivity contribution in [1.82, 2.24) is 14.0 Å². The second-order valence-electron chi connectivity index (χ2n) is 9.17. The van der Waals surface area contributed by atoms with Gasteiger partial charge < -0.3 is 14.0 Å². The summed E-state index contributed by atoms with van der Waals surface area (Å²) < 4.78 is 14.3. The molecule has 1 aromatic carbocycles. The number of ether oxygens (including phenoxy) is 2. The van der Waals surface area contributed by atoms with Crippen LogP contribution in [0.1, 0.15) is 51.6 Å². The lowest BCUT2D eigenvalue weighted by atomic mass is 10.1. The van der Waals surface area contributed by atoms with Gasteiger partial charge in [0.1, 0.15) is 16.9 Å². The quantitative estimate of drug-likeness (QED) is 0.307. The lowest BCUT2D eigenvalue weighted by Crippen LogP contribution is -2.35. The molecule has 0 bridgehead atoms. The van der Waals surface area contributed by atoms with Crippen LogP contribution in [0.15, 0.2) is 58.4 Å². The van der Waals surface area contributed by atoms with Gasteiger partial charge in [0.05, 0.1) is 24.6 Å². The number of hydrogen-bond acceptors (Lipinski definition) is 6. The van der Waals surface area contributed by atoms with E-state index in [9.17, 15) is 14.4 Å². The van der Waals surface area contributed by atoms with Crippen molar-refractivity contribution in [1.29, 1.82) is 0 Å². The van der Waals surface area contributed by atoms with E-state index in [1.807, 2.05) is 32.0 Å². The van der Waals surface area contributed by atoms with E-state index in [0.717, 1.165) is 24.0 Å². The van der Waals surface area contributed by atoms with E-state index in [4.69, 9.17) is 14.5 Å². The number of esters is 1. The molecule has 1 aliphatic heterocycles. The van der Waals surface area contributed by atoms with Crippen LogP contribution in [-0.2, 0) is 16.0 Å². The number of rotatable bonds is 5. The minimum atomic E-state index is -0.672. The Kier molecular flexibility index (Phi) is 6.71. The van der Waals surface area contributed by atoms with Gasteiger partial charge in [0.2, 0.25) is 0 Å². The zero-order valence-electron chi connectivity index (χ0n) is 21.1. The highest BCUT2D eigenvalue weighted by Gasteiger charge is 2.24. The Bertz CT molecular complexity index is 1640. The second-order valence-corrected chi connectivity index (χ2v) is 9.17. The average molecular weight is 501 g/mol. The summed E-state index contributed by atoms with van der Waals surface area (Å²) >= 11 is 0. The van der Waals surface area contributed by atoms with Crippen LogP contribution in [0.2, 0.25) is 0 Å². The molecule has 1 fully saturated rings. The lowest BCUT2D eigenvalue weighted by molar-refractivity contribution is 0.0521. The summed E-state index contributed by atoms with van der Waals surface area (Å²) in [6, 6.07) is 12.1. The number of aryl methyl sites for hydroxylation is 2. The fraction of sp³-hybridized carbons (Fsp3) is 0.321. The van der Waals surface area contributed by atoms with Crippen molar-refractivity contribution in [2.24, 2.45) is 4.99 Å². The van der Waals surface area contributed by atoms with E-state index in [-0.39, 0.29) is 41.3 Å². The number of benzene rings is 1. The molecule has 4 heterocycles. The number of nitrogens with zero attached hydrogens (tertiary/aromatic N) is 4. The maximum Gasteiger partial charge on any atom is 0.341 e. The molecule has 0 spiro atoms. The molecule has 9 nitrogen and oxygen atoms in total. The van der Waals surface area contributed by atoms with Crippen LogP contribution in [-0.4, -0.2) is 45.1 Å². The van der Waals surface area contributed by atoms with Crippen molar-refractivity contribution >= 4 is 28.6 Å². The first-order valence-electron chi connectivity index (χ1n) is 12.4. The van der Waals surface area contributed by atoms with E-state index in [2.05, 4.69) is 4.99 Å². The normalized spacial score (nSPS) is 16.0. The maximum absolute atomic E-state index is 13.6. The van der Waals surface area contributed by atoms with Gasteiger partial charge in [-0.05, 0) is 63.4 Å². The molecular weight excluding hydrogens is 472 g/mol. The van der Waals surface area contributed by atoms with Crippen molar-refractivity contribution in [3.63, 3.8) is 0 Å². The smallest absolute Gasteiger partial charge is 0.341 e. The van der Waals surface area contributed by atoms with Crippen molar-refractivity contribution in [2.45, 2.75) is 46.3 Å². The van der Waals surface area contributed by atoms with Crippen molar-refractivity contribution in [3.05, 3.63) is 86.8 Å². The standard InChI is InChI=1S/C28H28N4O5/c1-4-36-28(35)22-15-21-24(29-23-18(3)7-5-13-31(23)27(21)34)32(16-20-8-6-14-37-20)25(22)30-26(33)19-11-9-17(2)10-12-19/h5,7,9-13,15,20H,4,6,8,14,16H2,1-3H3. The summed E-state index contributed by atoms with van der Waals surface area (Å²) in [5.41, 5.74) is 2.82. The van der Waals surface area contributed by atoms with E-state index in [1.165, 1.54) is 10.5 Å². The van der Waals surface area contributed by atoms with Gasteiger partial charge >= 0.3 is 5.97 Å². The molecular formula is C28H28N4O5. The molecule has 3 aromatic heterocycles. The van der Waals surface area contributed by atoms with E-state index in [0.29, 0.717) is 23.5 Å². The topological polar surface area (TPSA) is 104 Å². The number of carbonyl (C=O) groups excluding carboxylic acids is 2. The maximum atomic E-state index is 13.6. The first kappa shape index (κ1) is 24.6. The van der Waals surface area contributed by atoms with E-state index in [1.54, 1.807) is 35.9 Å². The minimum Gasteiger partial charge on any atom is -0.462 e. The van der Waals surface area contributed by atoms with Gasteiger partial charge in [-0.25, -0.2) is 9.78 Å². The summed E-state index contributed by atoms with van der Waals surface area (Å²) in [4.78, 5) is 49.2. The fourth-order valence-electron chi connectivity index (χ4n) is 4.59. The molecule has 1 amide bonds. The van der Waals surface area contributed by atoms with Gasteiger partial charge in [-0.15, -0.1) is 0 Å². The van der Waals surface area contributed by atoms with Crippen LogP contribution >= 0.6 is 0 Å². The van der Waals surface area contributed by atoms with Gasteiger partial charge in [0, 0.05) is 18.4 Å². The van der Waals surface area contributed by atoms with Gasteiger partial charge in [0.15, 0.2) is 5.49 Å². The van der Waals surface area contributed by atoms with Crippen LogP contribution in [0.25, 0.3) is 16.7 Å². The molecule has 190 valence electrons.